The normalized spacial score (nSPS) is 14.2. The molecule has 0 heterocycles. The van der Waals surface area contributed by atoms with Crippen LogP contribution in [-0.4, -0.2) is 33.1 Å². The molecule has 6 heteroatoms. The summed E-state index contributed by atoms with van der Waals surface area (Å²) in [5.41, 5.74) is 4.35. The molecule has 0 radical (unpaired) electrons. The van der Waals surface area contributed by atoms with Crippen LogP contribution in [0.25, 0.3) is 0 Å². The second-order valence-electron chi connectivity index (χ2n) is 9.04. The number of benzene rings is 3. The number of fused-ring (bicyclic) bond motifs is 1. The number of ketones is 1. The molecule has 0 aromatic heterocycles. The van der Waals surface area contributed by atoms with E-state index in [9.17, 15) is 4.79 Å². The molecule has 36 heavy (non-hydrogen) atoms. The Hall–Kier alpha value is -3.02. The number of aryl methyl sites for hydroxylation is 1. The number of carbonyl (C=O) groups is 1. The molecule has 1 atom stereocenters. The van der Waals surface area contributed by atoms with E-state index in [0.717, 1.165) is 62.1 Å². The first-order chi connectivity index (χ1) is 17.2. The lowest BCUT2D eigenvalue weighted by molar-refractivity contribution is 0.0929. The van der Waals surface area contributed by atoms with Gasteiger partial charge in [0.1, 0.15) is 12.4 Å². The van der Waals surface area contributed by atoms with Gasteiger partial charge in [0.2, 0.25) is 0 Å². The molecule has 0 amide bonds. The Labute approximate surface area is 220 Å². The molecule has 1 aliphatic carbocycles. The molecule has 0 aliphatic heterocycles. The number of hydrogen-bond donors (Lipinski definition) is 1. The molecular formula is C30H36ClNO4. The zero-order valence-corrected chi connectivity index (χ0v) is 21.9. The van der Waals surface area contributed by atoms with E-state index in [0.29, 0.717) is 18.1 Å². The predicted molar refractivity (Wildman–Crippen MR) is 146 cm³/mol. The van der Waals surface area contributed by atoms with Gasteiger partial charge in [-0.25, -0.2) is 0 Å². The first-order valence-corrected chi connectivity index (χ1v) is 12.4. The fraction of sp³-hybridized carbons (Fsp3) is 0.367. The predicted octanol–water partition coefficient (Wildman–Crippen LogP) is 6.06. The molecule has 5 nitrogen and oxygen atoms in total. The van der Waals surface area contributed by atoms with Crippen LogP contribution < -0.4 is 19.5 Å². The van der Waals surface area contributed by atoms with Gasteiger partial charge in [-0.2, -0.15) is 0 Å². The van der Waals surface area contributed by atoms with Crippen molar-refractivity contribution in [3.63, 3.8) is 0 Å². The molecule has 3 aromatic rings. The lowest BCUT2D eigenvalue weighted by Crippen LogP contribution is -2.19. The minimum absolute atomic E-state index is 0. The third-order valence-corrected chi connectivity index (χ3v) is 6.61. The van der Waals surface area contributed by atoms with Crippen molar-refractivity contribution < 1.29 is 19.0 Å². The summed E-state index contributed by atoms with van der Waals surface area (Å²) in [6, 6.07) is 22.4. The van der Waals surface area contributed by atoms with Crippen molar-refractivity contribution in [2.24, 2.45) is 5.92 Å². The van der Waals surface area contributed by atoms with E-state index >= 15 is 0 Å². The molecular weight excluding hydrogens is 474 g/mol. The lowest BCUT2D eigenvalue weighted by atomic mass is 9.99. The smallest absolute Gasteiger partial charge is 0.166 e. The minimum Gasteiger partial charge on any atom is -0.493 e. The summed E-state index contributed by atoms with van der Waals surface area (Å²) >= 11 is 0. The van der Waals surface area contributed by atoms with Gasteiger partial charge in [-0.1, -0.05) is 42.5 Å². The SMILES string of the molecule is COc1cc2c(cc1OC)C(=O)C(CCCNCCCc1ccc(OCc3ccccc3)cc1)C2.Cl. The molecule has 0 saturated heterocycles. The van der Waals surface area contributed by atoms with Gasteiger partial charge in [0.05, 0.1) is 14.2 Å². The number of nitrogens with one attached hydrogen (secondary N) is 1. The summed E-state index contributed by atoms with van der Waals surface area (Å²) in [5, 5.41) is 3.53. The molecule has 0 saturated carbocycles. The average molecular weight is 510 g/mol. The van der Waals surface area contributed by atoms with E-state index in [1.807, 2.05) is 42.5 Å². The van der Waals surface area contributed by atoms with E-state index < -0.39 is 0 Å². The van der Waals surface area contributed by atoms with Crippen LogP contribution in [0.2, 0.25) is 0 Å². The zero-order valence-electron chi connectivity index (χ0n) is 21.1. The molecule has 0 spiro atoms. The van der Waals surface area contributed by atoms with Gasteiger partial charge >= 0.3 is 0 Å². The number of ether oxygens (including phenoxy) is 3. The second kappa shape index (κ2) is 13.9. The van der Waals surface area contributed by atoms with Gasteiger partial charge in [-0.05, 0) is 86.1 Å². The Bertz CT molecular complexity index is 1100. The first kappa shape index (κ1) is 27.6. The Balaban J connectivity index is 0.00000361. The van der Waals surface area contributed by atoms with Gasteiger partial charge < -0.3 is 19.5 Å². The summed E-state index contributed by atoms with van der Waals surface area (Å²) in [4.78, 5) is 12.8. The van der Waals surface area contributed by atoms with E-state index in [4.69, 9.17) is 14.2 Å². The summed E-state index contributed by atoms with van der Waals surface area (Å²) in [5.74, 6) is 2.51. The maximum absolute atomic E-state index is 12.8. The molecule has 1 aliphatic rings. The molecule has 0 fully saturated rings. The van der Waals surface area contributed by atoms with Crippen LogP contribution in [0.3, 0.4) is 0 Å². The van der Waals surface area contributed by atoms with Crippen LogP contribution in [0.1, 0.15) is 46.3 Å². The highest BCUT2D eigenvalue weighted by Gasteiger charge is 2.31. The average Bonchev–Trinajstić information content (AvgIpc) is 3.21. The van der Waals surface area contributed by atoms with Crippen LogP contribution in [-0.2, 0) is 19.4 Å². The largest absolute Gasteiger partial charge is 0.493 e. The van der Waals surface area contributed by atoms with E-state index in [-0.39, 0.29) is 24.1 Å². The fourth-order valence-electron chi connectivity index (χ4n) is 4.64. The van der Waals surface area contributed by atoms with Gasteiger partial charge in [0, 0.05) is 11.5 Å². The Kier molecular flexibility index (Phi) is 10.6. The quantitative estimate of drug-likeness (QED) is 0.284. The van der Waals surface area contributed by atoms with Crippen molar-refractivity contribution in [3.8, 4) is 17.2 Å². The van der Waals surface area contributed by atoms with Gasteiger partial charge in [-0.15, -0.1) is 12.4 Å². The molecule has 3 aromatic carbocycles. The second-order valence-corrected chi connectivity index (χ2v) is 9.04. The number of methoxy groups -OCH3 is 2. The Morgan fingerprint density at radius 2 is 1.56 bits per heavy atom. The molecule has 4 rings (SSSR count). The summed E-state index contributed by atoms with van der Waals surface area (Å²) in [6.07, 6.45) is 4.80. The summed E-state index contributed by atoms with van der Waals surface area (Å²) in [6.45, 7) is 2.49. The van der Waals surface area contributed by atoms with Crippen molar-refractivity contribution in [1.29, 1.82) is 0 Å². The van der Waals surface area contributed by atoms with Crippen LogP contribution in [0.5, 0.6) is 17.2 Å². The fourth-order valence-corrected chi connectivity index (χ4v) is 4.64. The Morgan fingerprint density at radius 1 is 0.861 bits per heavy atom. The lowest BCUT2D eigenvalue weighted by Gasteiger charge is -2.09. The van der Waals surface area contributed by atoms with Gasteiger partial charge in [0.25, 0.3) is 0 Å². The third kappa shape index (κ3) is 7.25. The maximum Gasteiger partial charge on any atom is 0.166 e. The molecule has 1 N–H and O–H groups in total. The van der Waals surface area contributed by atoms with Crippen molar-refractivity contribution in [2.45, 2.75) is 38.7 Å². The monoisotopic (exact) mass is 509 g/mol. The van der Waals surface area contributed by atoms with E-state index in [1.165, 1.54) is 11.1 Å². The van der Waals surface area contributed by atoms with E-state index in [1.54, 1.807) is 14.2 Å². The van der Waals surface area contributed by atoms with E-state index in [2.05, 4.69) is 29.6 Å². The summed E-state index contributed by atoms with van der Waals surface area (Å²) < 4.78 is 16.6. The standard InChI is InChI=1S/C30H35NO4.ClH/c1-33-28-19-25-18-24(30(32)27(25)20-29(28)34-2)11-7-17-31-16-6-10-22-12-14-26(15-13-22)35-21-23-8-4-3-5-9-23;/h3-5,8-9,12-15,19-20,24,31H,6-7,10-11,16-18,21H2,1-2H3;1H. The molecule has 1 unspecified atom stereocenters. The highest BCUT2D eigenvalue weighted by Crippen LogP contribution is 2.37. The van der Waals surface area contributed by atoms with Crippen molar-refractivity contribution >= 4 is 18.2 Å². The van der Waals surface area contributed by atoms with Crippen LogP contribution >= 0.6 is 12.4 Å². The highest BCUT2D eigenvalue weighted by molar-refractivity contribution is 6.02. The number of Topliss-reactive ketones (excluding diaryl/α,β-unsaturated/α-hetero) is 1. The highest BCUT2D eigenvalue weighted by atomic mass is 35.5. The maximum atomic E-state index is 12.8. The van der Waals surface area contributed by atoms with Crippen LogP contribution in [0, 0.1) is 5.92 Å². The van der Waals surface area contributed by atoms with Gasteiger partial charge in [-0.3, -0.25) is 4.79 Å². The number of carbonyl (C=O) groups excluding carboxylic acids is 1. The van der Waals surface area contributed by atoms with Crippen molar-refractivity contribution in [2.75, 3.05) is 27.3 Å². The Morgan fingerprint density at radius 3 is 2.28 bits per heavy atom. The first-order valence-electron chi connectivity index (χ1n) is 12.4. The van der Waals surface area contributed by atoms with Crippen molar-refractivity contribution in [3.05, 3.63) is 89.0 Å². The summed E-state index contributed by atoms with van der Waals surface area (Å²) in [7, 11) is 3.23. The third-order valence-electron chi connectivity index (χ3n) is 6.61. The molecule has 0 bridgehead atoms. The van der Waals surface area contributed by atoms with Gasteiger partial charge in [0.15, 0.2) is 17.3 Å². The zero-order chi connectivity index (χ0) is 24.5. The molecule has 192 valence electrons. The number of rotatable bonds is 13. The van der Waals surface area contributed by atoms with Crippen molar-refractivity contribution in [1.82, 2.24) is 5.32 Å². The van der Waals surface area contributed by atoms with Crippen LogP contribution in [0.4, 0.5) is 0 Å². The number of halogens is 1. The topological polar surface area (TPSA) is 56.8 Å². The minimum atomic E-state index is 0. The number of hydrogen-bond acceptors (Lipinski definition) is 5. The van der Waals surface area contributed by atoms with Crippen LogP contribution in [0.15, 0.2) is 66.7 Å².